The summed E-state index contributed by atoms with van der Waals surface area (Å²) in [6, 6.07) is 0. The predicted molar refractivity (Wildman–Crippen MR) is 55.3 cm³/mol. The number of methoxy groups -OCH3 is 1. The minimum Gasteiger partial charge on any atom is -0.495 e. The van der Waals surface area contributed by atoms with Gasteiger partial charge in [-0.15, -0.1) is 0 Å². The molecule has 0 aromatic carbocycles. The van der Waals surface area contributed by atoms with Crippen molar-refractivity contribution in [1.82, 2.24) is 10.3 Å². The first kappa shape index (κ1) is 9.89. The van der Waals surface area contributed by atoms with Crippen molar-refractivity contribution >= 4 is 15.9 Å². The Balaban J connectivity index is 2.49. The van der Waals surface area contributed by atoms with Crippen LogP contribution in [0, 0.1) is 0 Å². The van der Waals surface area contributed by atoms with E-state index in [-0.39, 0.29) is 0 Å². The van der Waals surface area contributed by atoms with Crippen LogP contribution in [-0.2, 0) is 5.60 Å². The molecule has 0 atom stereocenters. The van der Waals surface area contributed by atoms with Crippen LogP contribution in [0.3, 0.4) is 0 Å². The molecule has 0 bridgehead atoms. The van der Waals surface area contributed by atoms with E-state index in [9.17, 15) is 5.11 Å². The van der Waals surface area contributed by atoms with E-state index in [2.05, 4.69) is 26.2 Å². The summed E-state index contributed by atoms with van der Waals surface area (Å²) >= 11 is 3.37. The average molecular weight is 259 g/mol. The number of ether oxygens (including phenoxy) is 1. The fourth-order valence-electron chi connectivity index (χ4n) is 1.56. The number of nitrogens with one attached hydrogen (secondary N) is 1. The van der Waals surface area contributed by atoms with Gasteiger partial charge in [0, 0.05) is 29.3 Å². The largest absolute Gasteiger partial charge is 0.495 e. The highest BCUT2D eigenvalue weighted by atomic mass is 79.9. The van der Waals surface area contributed by atoms with Gasteiger partial charge in [0.1, 0.15) is 11.4 Å². The topological polar surface area (TPSA) is 54.4 Å². The minimum atomic E-state index is -0.826. The summed E-state index contributed by atoms with van der Waals surface area (Å²) in [7, 11) is 1.57. The lowest BCUT2D eigenvalue weighted by atomic mass is 9.88. The predicted octanol–water partition coefficient (Wildman–Crippen LogP) is 0.643. The van der Waals surface area contributed by atoms with Gasteiger partial charge in [0.05, 0.1) is 13.3 Å². The molecule has 1 aliphatic heterocycles. The zero-order valence-electron chi connectivity index (χ0n) is 7.75. The summed E-state index contributed by atoms with van der Waals surface area (Å²) in [5.74, 6) is 0.614. The number of pyridine rings is 1. The molecule has 0 spiro atoms. The lowest BCUT2D eigenvalue weighted by Gasteiger charge is -2.39. The molecule has 2 rings (SSSR count). The van der Waals surface area contributed by atoms with E-state index in [1.165, 1.54) is 0 Å². The fourth-order valence-corrected chi connectivity index (χ4v) is 2.24. The van der Waals surface area contributed by atoms with Crippen molar-refractivity contribution < 1.29 is 9.84 Å². The summed E-state index contributed by atoms with van der Waals surface area (Å²) in [6.45, 7) is 1.10. The molecule has 76 valence electrons. The van der Waals surface area contributed by atoms with Crippen molar-refractivity contribution in [2.75, 3.05) is 20.2 Å². The molecule has 0 radical (unpaired) electrons. The molecule has 2 heterocycles. The third-order valence-electron chi connectivity index (χ3n) is 2.39. The van der Waals surface area contributed by atoms with Crippen LogP contribution < -0.4 is 10.1 Å². The Morgan fingerprint density at radius 3 is 2.79 bits per heavy atom. The normalized spacial score (nSPS) is 18.8. The summed E-state index contributed by atoms with van der Waals surface area (Å²) < 4.78 is 5.95. The van der Waals surface area contributed by atoms with Crippen LogP contribution in [0.5, 0.6) is 5.75 Å². The second-order valence-corrected chi connectivity index (χ2v) is 4.19. The Hall–Kier alpha value is -0.650. The quantitative estimate of drug-likeness (QED) is 0.818. The van der Waals surface area contributed by atoms with Crippen LogP contribution in [0.25, 0.3) is 0 Å². The molecule has 1 aromatic heterocycles. The van der Waals surface area contributed by atoms with Gasteiger partial charge in [0.25, 0.3) is 0 Å². The molecule has 1 saturated heterocycles. The van der Waals surface area contributed by atoms with Crippen LogP contribution in [0.15, 0.2) is 16.9 Å². The molecule has 0 saturated carbocycles. The molecule has 4 nitrogen and oxygen atoms in total. The fraction of sp³-hybridized carbons (Fsp3) is 0.444. The zero-order chi connectivity index (χ0) is 10.2. The highest BCUT2D eigenvalue weighted by molar-refractivity contribution is 9.10. The molecule has 1 aliphatic rings. The molecular weight excluding hydrogens is 248 g/mol. The van der Waals surface area contributed by atoms with Crippen molar-refractivity contribution in [2.45, 2.75) is 5.60 Å². The second kappa shape index (κ2) is 3.49. The monoisotopic (exact) mass is 258 g/mol. The van der Waals surface area contributed by atoms with Gasteiger partial charge in [-0.1, -0.05) is 0 Å². The number of aromatic nitrogens is 1. The highest BCUT2D eigenvalue weighted by Crippen LogP contribution is 2.37. The lowest BCUT2D eigenvalue weighted by Crippen LogP contribution is -2.57. The molecule has 0 amide bonds. The Morgan fingerprint density at radius 2 is 2.29 bits per heavy atom. The van der Waals surface area contributed by atoms with Crippen LogP contribution in [0.1, 0.15) is 5.56 Å². The molecule has 1 fully saturated rings. The Labute approximate surface area is 90.4 Å². The summed E-state index contributed by atoms with van der Waals surface area (Å²) in [5.41, 5.74) is -0.0543. The van der Waals surface area contributed by atoms with E-state index in [4.69, 9.17) is 4.74 Å². The van der Waals surface area contributed by atoms with E-state index in [1.54, 1.807) is 19.5 Å². The first-order valence-corrected chi connectivity index (χ1v) is 5.08. The zero-order valence-corrected chi connectivity index (χ0v) is 9.34. The Bertz CT molecular complexity index is 353. The third kappa shape index (κ3) is 1.41. The lowest BCUT2D eigenvalue weighted by molar-refractivity contribution is -0.0172. The Morgan fingerprint density at radius 1 is 1.57 bits per heavy atom. The average Bonchev–Trinajstić information content (AvgIpc) is 2.14. The third-order valence-corrected chi connectivity index (χ3v) is 2.99. The molecule has 0 unspecified atom stereocenters. The Kier molecular flexibility index (Phi) is 2.47. The number of aliphatic hydroxyl groups is 1. The number of hydrogen-bond acceptors (Lipinski definition) is 4. The van der Waals surface area contributed by atoms with Crippen molar-refractivity contribution in [1.29, 1.82) is 0 Å². The number of halogens is 1. The minimum absolute atomic E-state index is 0.548. The van der Waals surface area contributed by atoms with Gasteiger partial charge in [-0.3, -0.25) is 4.98 Å². The molecule has 2 N–H and O–H groups in total. The van der Waals surface area contributed by atoms with Gasteiger partial charge in [0.2, 0.25) is 0 Å². The van der Waals surface area contributed by atoms with Crippen molar-refractivity contribution in [3.63, 3.8) is 0 Å². The van der Waals surface area contributed by atoms with Gasteiger partial charge in [-0.05, 0) is 15.9 Å². The number of rotatable bonds is 2. The highest BCUT2D eigenvalue weighted by Gasteiger charge is 2.40. The number of nitrogens with zero attached hydrogens (tertiary/aromatic N) is 1. The van der Waals surface area contributed by atoms with Gasteiger partial charge in [-0.25, -0.2) is 0 Å². The molecule has 1 aromatic rings. The van der Waals surface area contributed by atoms with Crippen LogP contribution >= 0.6 is 15.9 Å². The van der Waals surface area contributed by atoms with Crippen LogP contribution in [0.4, 0.5) is 0 Å². The van der Waals surface area contributed by atoms with Gasteiger partial charge in [0.15, 0.2) is 0 Å². The summed E-state index contributed by atoms with van der Waals surface area (Å²) in [5, 5.41) is 13.2. The van der Waals surface area contributed by atoms with Crippen LogP contribution in [0.2, 0.25) is 0 Å². The maximum absolute atomic E-state index is 10.2. The molecule has 14 heavy (non-hydrogen) atoms. The van der Waals surface area contributed by atoms with E-state index >= 15 is 0 Å². The second-order valence-electron chi connectivity index (χ2n) is 3.33. The molecule has 0 aliphatic carbocycles. The van der Waals surface area contributed by atoms with Crippen molar-refractivity contribution in [2.24, 2.45) is 0 Å². The first-order valence-electron chi connectivity index (χ1n) is 4.28. The van der Waals surface area contributed by atoms with E-state index in [0.29, 0.717) is 18.8 Å². The maximum atomic E-state index is 10.2. The van der Waals surface area contributed by atoms with E-state index in [0.717, 1.165) is 10.0 Å². The first-order chi connectivity index (χ1) is 6.67. The van der Waals surface area contributed by atoms with Crippen LogP contribution in [-0.4, -0.2) is 30.3 Å². The van der Waals surface area contributed by atoms with Crippen molar-refractivity contribution in [3.8, 4) is 5.75 Å². The van der Waals surface area contributed by atoms with Crippen molar-refractivity contribution in [3.05, 3.63) is 22.4 Å². The summed E-state index contributed by atoms with van der Waals surface area (Å²) in [6.07, 6.45) is 3.27. The standard InChI is InChI=1S/C9H11BrN2O2/c1-14-7-3-11-2-6(10)8(7)9(13)4-12-5-9/h2-3,12-13H,4-5H2,1H3. The SMILES string of the molecule is COc1cncc(Br)c1C1(O)CNC1. The smallest absolute Gasteiger partial charge is 0.144 e. The maximum Gasteiger partial charge on any atom is 0.144 e. The van der Waals surface area contributed by atoms with E-state index in [1.807, 2.05) is 0 Å². The number of hydrogen-bond donors (Lipinski definition) is 2. The molecular formula is C9H11BrN2O2. The number of β-amino-alcohol motifs (C(OH)–C–C–N with tert-alkyl or cyclic N) is 1. The summed E-state index contributed by atoms with van der Waals surface area (Å²) in [4.78, 5) is 3.98. The van der Waals surface area contributed by atoms with Gasteiger partial charge < -0.3 is 15.2 Å². The van der Waals surface area contributed by atoms with Gasteiger partial charge in [-0.2, -0.15) is 0 Å². The van der Waals surface area contributed by atoms with E-state index < -0.39 is 5.60 Å². The molecule has 5 heteroatoms. The van der Waals surface area contributed by atoms with Gasteiger partial charge >= 0.3 is 0 Å².